The highest BCUT2D eigenvalue weighted by Gasteiger charge is 2.26. The minimum atomic E-state index is -0.144. The molecule has 172 valence electrons. The molecule has 3 aromatic rings. The molecule has 1 aromatic carbocycles. The zero-order valence-electron chi connectivity index (χ0n) is 19.0. The molecular formula is C25H29N5O3. The Morgan fingerprint density at radius 2 is 1.85 bits per heavy atom. The molecule has 2 aromatic heterocycles. The molecule has 1 fully saturated rings. The lowest BCUT2D eigenvalue weighted by molar-refractivity contribution is 0.0690. The highest BCUT2D eigenvalue weighted by molar-refractivity contribution is 5.95. The number of para-hydroxylation sites is 1. The molecule has 1 N–H and O–H groups in total. The number of pyridine rings is 1. The second-order valence-electron chi connectivity index (χ2n) is 8.33. The highest BCUT2D eigenvalue weighted by atomic mass is 16.5. The topological polar surface area (TPSA) is 89.4 Å². The third-order valence-electron chi connectivity index (χ3n) is 6.09. The van der Waals surface area contributed by atoms with Crippen molar-refractivity contribution < 1.29 is 14.3 Å². The Balaban J connectivity index is 1.35. The van der Waals surface area contributed by atoms with E-state index in [1.165, 1.54) is 0 Å². The molecule has 0 radical (unpaired) electrons. The Kier molecular flexibility index (Phi) is 7.02. The number of amides is 2. The van der Waals surface area contributed by atoms with E-state index in [-0.39, 0.29) is 11.8 Å². The van der Waals surface area contributed by atoms with Gasteiger partial charge in [-0.25, -0.2) is 0 Å². The average Bonchev–Trinajstić information content (AvgIpc) is 3.23. The van der Waals surface area contributed by atoms with Crippen LogP contribution < -0.4 is 10.1 Å². The van der Waals surface area contributed by atoms with Crippen molar-refractivity contribution in [2.24, 2.45) is 13.0 Å². The molecule has 0 spiro atoms. The summed E-state index contributed by atoms with van der Waals surface area (Å²) in [5.74, 6) is 1.03. The van der Waals surface area contributed by atoms with Crippen molar-refractivity contribution in [3.05, 3.63) is 77.4 Å². The van der Waals surface area contributed by atoms with Gasteiger partial charge in [0, 0.05) is 56.4 Å². The molecule has 4 rings (SSSR count). The van der Waals surface area contributed by atoms with Crippen LogP contribution >= 0.6 is 0 Å². The maximum absolute atomic E-state index is 12.9. The quantitative estimate of drug-likeness (QED) is 0.602. The maximum atomic E-state index is 12.9. The van der Waals surface area contributed by atoms with E-state index in [2.05, 4.69) is 15.4 Å². The second-order valence-corrected chi connectivity index (χ2v) is 8.33. The van der Waals surface area contributed by atoms with Crippen LogP contribution in [0.15, 0.2) is 55.0 Å². The number of rotatable bonds is 7. The lowest BCUT2D eigenvalue weighted by Crippen LogP contribution is -2.39. The first-order valence-electron chi connectivity index (χ1n) is 11.2. The fourth-order valence-corrected chi connectivity index (χ4v) is 4.29. The van der Waals surface area contributed by atoms with Gasteiger partial charge in [0.1, 0.15) is 5.75 Å². The Bertz CT molecular complexity index is 1100. The molecule has 8 nitrogen and oxygen atoms in total. The van der Waals surface area contributed by atoms with Gasteiger partial charge in [-0.1, -0.05) is 18.2 Å². The average molecular weight is 448 g/mol. The molecule has 0 aliphatic carbocycles. The van der Waals surface area contributed by atoms with E-state index in [0.717, 1.165) is 36.3 Å². The third kappa shape index (κ3) is 5.39. The SMILES string of the molecule is COc1ccccc1CNC(=O)c1cn(C)nc1CC1CCN(C(=O)c2ccncc2)CC1. The molecule has 33 heavy (non-hydrogen) atoms. The number of benzene rings is 1. The van der Waals surface area contributed by atoms with Crippen molar-refractivity contribution in [3.8, 4) is 5.75 Å². The van der Waals surface area contributed by atoms with Gasteiger partial charge in [-0.05, 0) is 43.4 Å². The summed E-state index contributed by atoms with van der Waals surface area (Å²) in [4.78, 5) is 31.5. The fraction of sp³-hybridized carbons (Fsp3) is 0.360. The van der Waals surface area contributed by atoms with Gasteiger partial charge < -0.3 is 15.0 Å². The number of hydrogen-bond acceptors (Lipinski definition) is 5. The van der Waals surface area contributed by atoms with E-state index in [1.54, 1.807) is 42.5 Å². The van der Waals surface area contributed by atoms with Crippen LogP contribution in [0.3, 0.4) is 0 Å². The smallest absolute Gasteiger partial charge is 0.255 e. The molecule has 0 saturated carbocycles. The summed E-state index contributed by atoms with van der Waals surface area (Å²) in [6.07, 6.45) is 7.54. The van der Waals surface area contributed by atoms with Crippen molar-refractivity contribution >= 4 is 11.8 Å². The lowest BCUT2D eigenvalue weighted by atomic mass is 9.91. The van der Waals surface area contributed by atoms with Gasteiger partial charge in [0.25, 0.3) is 11.8 Å². The molecule has 1 saturated heterocycles. The first kappa shape index (κ1) is 22.5. The summed E-state index contributed by atoms with van der Waals surface area (Å²) >= 11 is 0. The monoisotopic (exact) mass is 447 g/mol. The molecular weight excluding hydrogens is 418 g/mol. The standard InChI is InChI=1S/C25H29N5O3/c1-29-17-21(24(31)27-16-20-5-3-4-6-23(20)33-2)22(28-29)15-18-9-13-30(14-10-18)25(32)19-7-11-26-12-8-19/h3-8,11-12,17-18H,9-10,13-16H2,1-2H3,(H,27,31). The van der Waals surface area contributed by atoms with E-state index in [1.807, 2.05) is 36.2 Å². The van der Waals surface area contributed by atoms with E-state index in [0.29, 0.717) is 36.7 Å². The van der Waals surface area contributed by atoms with Crippen LogP contribution in [0.1, 0.15) is 44.8 Å². The van der Waals surface area contributed by atoms with Gasteiger partial charge in [-0.15, -0.1) is 0 Å². The number of ether oxygens (including phenoxy) is 1. The third-order valence-corrected chi connectivity index (χ3v) is 6.09. The van der Waals surface area contributed by atoms with Crippen LogP contribution in [-0.2, 0) is 20.0 Å². The molecule has 0 unspecified atom stereocenters. The first-order valence-corrected chi connectivity index (χ1v) is 11.2. The van der Waals surface area contributed by atoms with Crippen LogP contribution in [0, 0.1) is 5.92 Å². The Labute approximate surface area is 193 Å². The molecule has 0 atom stereocenters. The van der Waals surface area contributed by atoms with Crippen LogP contribution in [0.25, 0.3) is 0 Å². The lowest BCUT2D eigenvalue weighted by Gasteiger charge is -2.32. The summed E-state index contributed by atoms with van der Waals surface area (Å²) in [6, 6.07) is 11.1. The number of carbonyl (C=O) groups is 2. The number of hydrogen-bond donors (Lipinski definition) is 1. The number of nitrogens with zero attached hydrogens (tertiary/aromatic N) is 4. The summed E-state index contributed by atoms with van der Waals surface area (Å²) in [5.41, 5.74) is 2.99. The van der Waals surface area contributed by atoms with Gasteiger partial charge >= 0.3 is 0 Å². The van der Waals surface area contributed by atoms with E-state index in [9.17, 15) is 9.59 Å². The Morgan fingerprint density at radius 1 is 1.12 bits per heavy atom. The van der Waals surface area contributed by atoms with Gasteiger partial charge in [-0.2, -0.15) is 5.10 Å². The minimum absolute atomic E-state index is 0.0464. The maximum Gasteiger partial charge on any atom is 0.255 e. The minimum Gasteiger partial charge on any atom is -0.496 e. The highest BCUT2D eigenvalue weighted by Crippen LogP contribution is 2.24. The van der Waals surface area contributed by atoms with Gasteiger partial charge in [0.05, 0.1) is 18.4 Å². The second kappa shape index (κ2) is 10.3. The Hall–Kier alpha value is -3.68. The predicted octanol–water partition coefficient (Wildman–Crippen LogP) is 2.85. The van der Waals surface area contributed by atoms with Crippen LogP contribution in [0.4, 0.5) is 0 Å². The molecule has 8 heteroatoms. The fourth-order valence-electron chi connectivity index (χ4n) is 4.29. The van der Waals surface area contributed by atoms with Crippen molar-refractivity contribution in [2.75, 3.05) is 20.2 Å². The summed E-state index contributed by atoms with van der Waals surface area (Å²) in [6.45, 7) is 1.79. The Morgan fingerprint density at radius 3 is 2.58 bits per heavy atom. The van der Waals surface area contributed by atoms with Gasteiger partial charge in [0.2, 0.25) is 0 Å². The van der Waals surface area contributed by atoms with Crippen LogP contribution in [-0.4, -0.2) is 51.7 Å². The molecule has 0 bridgehead atoms. The number of likely N-dealkylation sites (tertiary alicyclic amines) is 1. The van der Waals surface area contributed by atoms with E-state index in [4.69, 9.17) is 4.74 Å². The first-order chi connectivity index (χ1) is 16.0. The number of aromatic nitrogens is 3. The van der Waals surface area contributed by atoms with Gasteiger partial charge in [-0.3, -0.25) is 19.3 Å². The largest absolute Gasteiger partial charge is 0.496 e. The van der Waals surface area contributed by atoms with Crippen molar-refractivity contribution in [1.82, 2.24) is 25.0 Å². The summed E-state index contributed by atoms with van der Waals surface area (Å²) < 4.78 is 7.06. The number of nitrogens with one attached hydrogen (secondary N) is 1. The van der Waals surface area contributed by atoms with Crippen LogP contribution in [0.2, 0.25) is 0 Å². The number of methoxy groups -OCH3 is 1. The number of aryl methyl sites for hydroxylation is 1. The number of piperidine rings is 1. The zero-order chi connectivity index (χ0) is 23.2. The zero-order valence-corrected chi connectivity index (χ0v) is 19.0. The molecule has 1 aliphatic heterocycles. The van der Waals surface area contributed by atoms with Crippen molar-refractivity contribution in [1.29, 1.82) is 0 Å². The van der Waals surface area contributed by atoms with Gasteiger partial charge in [0.15, 0.2) is 0 Å². The van der Waals surface area contributed by atoms with E-state index >= 15 is 0 Å². The number of carbonyl (C=O) groups excluding carboxylic acids is 2. The van der Waals surface area contributed by atoms with Crippen molar-refractivity contribution in [3.63, 3.8) is 0 Å². The van der Waals surface area contributed by atoms with E-state index < -0.39 is 0 Å². The van der Waals surface area contributed by atoms with Crippen molar-refractivity contribution in [2.45, 2.75) is 25.8 Å². The summed E-state index contributed by atoms with van der Waals surface area (Å²) in [5, 5.41) is 7.55. The van der Waals surface area contributed by atoms with Crippen LogP contribution in [0.5, 0.6) is 5.75 Å². The molecule has 2 amide bonds. The molecule has 3 heterocycles. The summed E-state index contributed by atoms with van der Waals surface area (Å²) in [7, 11) is 3.45. The normalized spacial score (nSPS) is 14.2. The molecule has 1 aliphatic rings. The predicted molar refractivity (Wildman–Crippen MR) is 124 cm³/mol.